The van der Waals surface area contributed by atoms with Crippen LogP contribution in [0.25, 0.3) is 10.9 Å². The van der Waals surface area contributed by atoms with Gasteiger partial charge in [0.1, 0.15) is 11.6 Å². The molecule has 0 fully saturated rings. The van der Waals surface area contributed by atoms with Crippen LogP contribution in [0.5, 0.6) is 0 Å². The maximum absolute atomic E-state index is 13.0. The first-order valence-corrected chi connectivity index (χ1v) is 3.65. The third-order valence-electron chi connectivity index (χ3n) is 1.81. The fourth-order valence-electron chi connectivity index (χ4n) is 1.22. The summed E-state index contributed by atoms with van der Waals surface area (Å²) in [6.07, 6.45) is 1.28. The number of fused-ring (bicyclic) bond motifs is 1. The van der Waals surface area contributed by atoms with Gasteiger partial charge in [-0.25, -0.2) is 8.78 Å². The smallest absolute Gasteiger partial charge is 0.192 e. The molecule has 0 bridgehead atoms. The van der Waals surface area contributed by atoms with E-state index in [2.05, 4.69) is 4.98 Å². The van der Waals surface area contributed by atoms with E-state index in [-0.39, 0.29) is 10.9 Å². The molecule has 0 amide bonds. The number of H-pyrrole nitrogens is 1. The molecule has 1 N–H and O–H groups in total. The van der Waals surface area contributed by atoms with Crippen LogP contribution in [-0.4, -0.2) is 4.98 Å². The number of rotatable bonds is 0. The number of hydrogen-bond donors (Lipinski definition) is 1. The van der Waals surface area contributed by atoms with E-state index in [1.54, 1.807) is 0 Å². The SMILES string of the molecule is O=c1cc[nH]c2c(F)ccc(F)c12. The minimum absolute atomic E-state index is 0.0903. The Hall–Kier alpha value is -1.71. The van der Waals surface area contributed by atoms with Gasteiger partial charge in [-0.3, -0.25) is 4.79 Å². The number of nitrogens with one attached hydrogen (secondary N) is 1. The van der Waals surface area contributed by atoms with Gasteiger partial charge in [-0.1, -0.05) is 0 Å². The van der Waals surface area contributed by atoms with Crippen molar-refractivity contribution in [2.45, 2.75) is 0 Å². The monoisotopic (exact) mass is 181 g/mol. The molecule has 1 heterocycles. The highest BCUT2D eigenvalue weighted by Gasteiger charge is 2.07. The molecule has 1 aromatic heterocycles. The van der Waals surface area contributed by atoms with Gasteiger partial charge in [0.2, 0.25) is 0 Å². The molecule has 0 saturated carbocycles. The van der Waals surface area contributed by atoms with Gasteiger partial charge in [-0.2, -0.15) is 0 Å². The number of pyridine rings is 1. The zero-order valence-electron chi connectivity index (χ0n) is 6.47. The Bertz CT molecular complexity index is 518. The Labute approximate surface area is 71.8 Å². The van der Waals surface area contributed by atoms with Crippen molar-refractivity contribution in [2.75, 3.05) is 0 Å². The summed E-state index contributed by atoms with van der Waals surface area (Å²) in [5.41, 5.74) is -0.613. The highest BCUT2D eigenvalue weighted by Crippen LogP contribution is 2.14. The van der Waals surface area contributed by atoms with Crippen molar-refractivity contribution in [3.05, 3.63) is 46.3 Å². The molecule has 2 rings (SSSR count). The number of aromatic nitrogens is 1. The van der Waals surface area contributed by atoms with Crippen LogP contribution in [0.15, 0.2) is 29.2 Å². The molecule has 0 spiro atoms. The lowest BCUT2D eigenvalue weighted by Gasteiger charge is -1.98. The Morgan fingerprint density at radius 3 is 2.46 bits per heavy atom. The maximum Gasteiger partial charge on any atom is 0.192 e. The molecule has 0 atom stereocenters. The summed E-state index contributed by atoms with van der Waals surface area (Å²) >= 11 is 0. The van der Waals surface area contributed by atoms with Gasteiger partial charge in [0.25, 0.3) is 0 Å². The van der Waals surface area contributed by atoms with Gasteiger partial charge >= 0.3 is 0 Å². The lowest BCUT2D eigenvalue weighted by molar-refractivity contribution is 0.615. The van der Waals surface area contributed by atoms with Gasteiger partial charge in [0.15, 0.2) is 5.43 Å². The van der Waals surface area contributed by atoms with Crippen LogP contribution in [-0.2, 0) is 0 Å². The van der Waals surface area contributed by atoms with E-state index >= 15 is 0 Å². The maximum atomic E-state index is 13.0. The predicted molar refractivity (Wildman–Crippen MR) is 44.5 cm³/mol. The van der Waals surface area contributed by atoms with E-state index in [0.717, 1.165) is 18.2 Å². The van der Waals surface area contributed by atoms with Gasteiger partial charge in [-0.15, -0.1) is 0 Å². The molecule has 0 aliphatic heterocycles. The minimum atomic E-state index is -0.710. The largest absolute Gasteiger partial charge is 0.358 e. The van der Waals surface area contributed by atoms with Crippen molar-refractivity contribution in [3.63, 3.8) is 0 Å². The van der Waals surface area contributed by atoms with Crippen LogP contribution < -0.4 is 5.43 Å². The number of aromatic amines is 1. The van der Waals surface area contributed by atoms with E-state index in [4.69, 9.17) is 0 Å². The van der Waals surface area contributed by atoms with Crippen molar-refractivity contribution in [2.24, 2.45) is 0 Å². The van der Waals surface area contributed by atoms with Gasteiger partial charge in [-0.05, 0) is 12.1 Å². The molecular weight excluding hydrogens is 176 g/mol. The molecule has 0 aliphatic carbocycles. The summed E-state index contributed by atoms with van der Waals surface area (Å²) in [5.74, 6) is -1.34. The summed E-state index contributed by atoms with van der Waals surface area (Å²) in [6, 6.07) is 3.07. The van der Waals surface area contributed by atoms with Gasteiger partial charge < -0.3 is 4.98 Å². The zero-order chi connectivity index (χ0) is 9.42. The molecule has 0 unspecified atom stereocenters. The first kappa shape index (κ1) is 7.91. The summed E-state index contributed by atoms with van der Waals surface area (Å²) in [6.45, 7) is 0. The van der Waals surface area contributed by atoms with E-state index in [1.165, 1.54) is 6.20 Å². The van der Waals surface area contributed by atoms with E-state index in [9.17, 15) is 13.6 Å². The highest BCUT2D eigenvalue weighted by atomic mass is 19.1. The fraction of sp³-hybridized carbons (Fsp3) is 0. The quantitative estimate of drug-likeness (QED) is 0.660. The van der Waals surface area contributed by atoms with Gasteiger partial charge in [0.05, 0.1) is 10.9 Å². The minimum Gasteiger partial charge on any atom is -0.358 e. The summed E-state index contributed by atoms with van der Waals surface area (Å²) in [5, 5.41) is -0.234. The van der Waals surface area contributed by atoms with E-state index < -0.39 is 17.1 Å². The van der Waals surface area contributed by atoms with Crippen molar-refractivity contribution in [1.29, 1.82) is 0 Å². The second-order valence-corrected chi connectivity index (χ2v) is 2.62. The summed E-state index contributed by atoms with van der Waals surface area (Å²) in [7, 11) is 0. The third kappa shape index (κ3) is 1.11. The lowest BCUT2D eigenvalue weighted by Crippen LogP contribution is -2.03. The standard InChI is InChI=1S/C9H5F2NO/c10-5-1-2-6(11)9-8(5)7(13)3-4-12-9/h1-4H,(H,12,13). The summed E-state index contributed by atoms with van der Waals surface area (Å²) < 4.78 is 26.0. The average molecular weight is 181 g/mol. The first-order valence-electron chi connectivity index (χ1n) is 3.65. The first-order chi connectivity index (χ1) is 6.20. The second kappa shape index (κ2) is 2.65. The molecule has 2 aromatic rings. The molecule has 66 valence electrons. The average Bonchev–Trinajstić information content (AvgIpc) is 2.12. The van der Waals surface area contributed by atoms with Crippen molar-refractivity contribution >= 4 is 10.9 Å². The molecular formula is C9H5F2NO. The Morgan fingerprint density at radius 2 is 1.77 bits per heavy atom. The highest BCUT2D eigenvalue weighted by molar-refractivity contribution is 5.79. The Morgan fingerprint density at radius 1 is 1.08 bits per heavy atom. The summed E-state index contributed by atoms with van der Waals surface area (Å²) in [4.78, 5) is 13.6. The molecule has 1 aromatic carbocycles. The normalized spacial score (nSPS) is 10.6. The van der Waals surface area contributed by atoms with Crippen LogP contribution in [0, 0.1) is 11.6 Å². The van der Waals surface area contributed by atoms with Crippen LogP contribution in [0.2, 0.25) is 0 Å². The Balaban J connectivity index is 3.09. The van der Waals surface area contributed by atoms with Crippen LogP contribution in [0.3, 0.4) is 0 Å². The molecule has 0 saturated heterocycles. The number of benzene rings is 1. The molecule has 13 heavy (non-hydrogen) atoms. The van der Waals surface area contributed by atoms with Crippen molar-refractivity contribution in [3.8, 4) is 0 Å². The van der Waals surface area contributed by atoms with Crippen LogP contribution >= 0.6 is 0 Å². The molecule has 0 radical (unpaired) electrons. The number of halogens is 2. The molecule has 4 heteroatoms. The van der Waals surface area contributed by atoms with Crippen molar-refractivity contribution in [1.82, 2.24) is 4.98 Å². The topological polar surface area (TPSA) is 32.9 Å². The van der Waals surface area contributed by atoms with Crippen LogP contribution in [0.1, 0.15) is 0 Å². The van der Waals surface area contributed by atoms with E-state index in [1.807, 2.05) is 0 Å². The number of hydrogen-bond acceptors (Lipinski definition) is 1. The molecule has 2 nitrogen and oxygen atoms in total. The predicted octanol–water partition coefficient (Wildman–Crippen LogP) is 1.81. The lowest BCUT2D eigenvalue weighted by atomic mass is 10.2. The van der Waals surface area contributed by atoms with Gasteiger partial charge in [0, 0.05) is 12.3 Å². The Kier molecular flexibility index (Phi) is 1.62. The third-order valence-corrected chi connectivity index (χ3v) is 1.81. The van der Waals surface area contributed by atoms with E-state index in [0.29, 0.717) is 0 Å². The zero-order valence-corrected chi connectivity index (χ0v) is 6.47. The second-order valence-electron chi connectivity index (χ2n) is 2.62. The van der Waals surface area contributed by atoms with Crippen LogP contribution in [0.4, 0.5) is 8.78 Å². The fourth-order valence-corrected chi connectivity index (χ4v) is 1.22. The molecule has 0 aliphatic rings. The van der Waals surface area contributed by atoms with Crippen molar-refractivity contribution < 1.29 is 8.78 Å².